The minimum Gasteiger partial charge on any atom is -0.331 e. The number of thiophene rings is 1. The van der Waals surface area contributed by atoms with Gasteiger partial charge in [0.05, 0.1) is 6.04 Å². The number of anilines is 1. The third-order valence-electron chi connectivity index (χ3n) is 5.22. The molecule has 2 aliphatic heterocycles. The fraction of sp³-hybridized carbons (Fsp3) is 0.400. The molecule has 1 atom stereocenters. The molecule has 25 heavy (non-hydrogen) atoms. The first-order chi connectivity index (χ1) is 12.2. The highest BCUT2D eigenvalue weighted by Crippen LogP contribution is 2.36. The van der Waals surface area contributed by atoms with Crippen LogP contribution >= 0.6 is 11.3 Å². The summed E-state index contributed by atoms with van der Waals surface area (Å²) < 4.78 is 0. The van der Waals surface area contributed by atoms with Crippen molar-refractivity contribution in [1.82, 2.24) is 4.90 Å². The molecule has 0 bridgehead atoms. The average molecular weight is 354 g/mol. The van der Waals surface area contributed by atoms with Gasteiger partial charge in [-0.1, -0.05) is 6.92 Å². The van der Waals surface area contributed by atoms with E-state index >= 15 is 0 Å². The van der Waals surface area contributed by atoms with Crippen molar-refractivity contribution in [2.45, 2.75) is 45.1 Å². The molecule has 4 nitrogen and oxygen atoms in total. The zero-order valence-electron chi connectivity index (χ0n) is 14.4. The summed E-state index contributed by atoms with van der Waals surface area (Å²) in [6.07, 6.45) is 4.08. The Kier molecular flexibility index (Phi) is 4.34. The topological polar surface area (TPSA) is 49.4 Å². The molecule has 0 fully saturated rings. The van der Waals surface area contributed by atoms with Crippen molar-refractivity contribution >= 4 is 28.8 Å². The van der Waals surface area contributed by atoms with Gasteiger partial charge in [0.15, 0.2) is 0 Å². The average Bonchev–Trinajstić information content (AvgIpc) is 3.02. The summed E-state index contributed by atoms with van der Waals surface area (Å²) in [6.45, 7) is 2.92. The number of hydrogen-bond acceptors (Lipinski definition) is 3. The smallest absolute Gasteiger partial charge is 0.254 e. The van der Waals surface area contributed by atoms with Gasteiger partial charge in [0, 0.05) is 29.1 Å². The van der Waals surface area contributed by atoms with Crippen LogP contribution in [0.4, 0.5) is 5.69 Å². The van der Waals surface area contributed by atoms with Crippen molar-refractivity contribution in [3.05, 3.63) is 51.2 Å². The summed E-state index contributed by atoms with van der Waals surface area (Å²) in [4.78, 5) is 28.3. The van der Waals surface area contributed by atoms with Crippen LogP contribution < -0.4 is 5.32 Å². The van der Waals surface area contributed by atoms with Gasteiger partial charge in [-0.15, -0.1) is 11.3 Å². The quantitative estimate of drug-likeness (QED) is 0.880. The van der Waals surface area contributed by atoms with E-state index in [1.165, 1.54) is 10.4 Å². The molecule has 0 spiro atoms. The first kappa shape index (κ1) is 16.3. The zero-order valence-corrected chi connectivity index (χ0v) is 15.2. The Morgan fingerprint density at radius 2 is 2.16 bits per heavy atom. The molecule has 1 aromatic carbocycles. The predicted octanol–water partition coefficient (Wildman–Crippen LogP) is 4.17. The van der Waals surface area contributed by atoms with E-state index in [9.17, 15) is 9.59 Å². The number of amides is 2. The van der Waals surface area contributed by atoms with Gasteiger partial charge in [0.25, 0.3) is 5.91 Å². The molecule has 1 N–H and O–H groups in total. The monoisotopic (exact) mass is 354 g/mol. The molecule has 0 saturated carbocycles. The second-order valence-electron chi connectivity index (χ2n) is 6.75. The number of rotatable bonds is 2. The second-order valence-corrected chi connectivity index (χ2v) is 7.75. The molecule has 0 saturated heterocycles. The maximum absolute atomic E-state index is 13.2. The highest BCUT2D eigenvalue weighted by molar-refractivity contribution is 7.10. The molecule has 4 rings (SSSR count). The van der Waals surface area contributed by atoms with Crippen molar-refractivity contribution in [2.24, 2.45) is 0 Å². The highest BCUT2D eigenvalue weighted by atomic mass is 32.1. The maximum Gasteiger partial charge on any atom is 0.254 e. The Labute approximate surface area is 151 Å². The van der Waals surface area contributed by atoms with Crippen LogP contribution in [0.3, 0.4) is 0 Å². The van der Waals surface area contributed by atoms with Crippen molar-refractivity contribution < 1.29 is 9.59 Å². The van der Waals surface area contributed by atoms with E-state index in [4.69, 9.17) is 0 Å². The van der Waals surface area contributed by atoms with Crippen LogP contribution in [-0.2, 0) is 17.6 Å². The van der Waals surface area contributed by atoms with Crippen molar-refractivity contribution in [1.29, 1.82) is 0 Å². The van der Waals surface area contributed by atoms with E-state index in [1.807, 2.05) is 23.1 Å². The lowest BCUT2D eigenvalue weighted by molar-refractivity contribution is -0.116. The molecule has 3 heterocycles. The number of nitrogens with zero attached hydrogens (tertiary/aromatic N) is 1. The number of carbonyl (C=O) groups excluding carboxylic acids is 2. The number of carbonyl (C=O) groups is 2. The van der Waals surface area contributed by atoms with E-state index in [0.29, 0.717) is 6.42 Å². The summed E-state index contributed by atoms with van der Waals surface area (Å²) in [7, 11) is 0. The van der Waals surface area contributed by atoms with Crippen LogP contribution in [0.5, 0.6) is 0 Å². The van der Waals surface area contributed by atoms with Gasteiger partial charge >= 0.3 is 0 Å². The van der Waals surface area contributed by atoms with Gasteiger partial charge in [-0.05, 0) is 66.5 Å². The Bertz CT molecular complexity index is 827. The van der Waals surface area contributed by atoms with Gasteiger partial charge in [0.1, 0.15) is 0 Å². The molecule has 2 aliphatic rings. The molecule has 1 unspecified atom stereocenters. The van der Waals surface area contributed by atoms with Crippen molar-refractivity contribution in [3.63, 3.8) is 0 Å². The Morgan fingerprint density at radius 3 is 3.00 bits per heavy atom. The molecule has 1 aromatic heterocycles. The molecular weight excluding hydrogens is 332 g/mol. The van der Waals surface area contributed by atoms with E-state index < -0.39 is 0 Å². The zero-order chi connectivity index (χ0) is 17.4. The lowest BCUT2D eigenvalue weighted by Crippen LogP contribution is -2.39. The van der Waals surface area contributed by atoms with Crippen LogP contribution in [0.2, 0.25) is 0 Å². The number of hydrogen-bond donors (Lipinski definition) is 1. The number of fused-ring (bicyclic) bond motifs is 2. The van der Waals surface area contributed by atoms with E-state index in [1.54, 1.807) is 11.3 Å². The fourth-order valence-electron chi connectivity index (χ4n) is 3.95. The third-order valence-corrected chi connectivity index (χ3v) is 6.22. The van der Waals surface area contributed by atoms with Gasteiger partial charge < -0.3 is 10.2 Å². The molecule has 130 valence electrons. The molecule has 5 heteroatoms. The van der Waals surface area contributed by atoms with Gasteiger partial charge in [-0.3, -0.25) is 9.59 Å². The van der Waals surface area contributed by atoms with Gasteiger partial charge in [-0.2, -0.15) is 0 Å². The first-order valence-electron chi connectivity index (χ1n) is 8.97. The van der Waals surface area contributed by atoms with Crippen LogP contribution in [0, 0.1) is 0 Å². The van der Waals surface area contributed by atoms with Crippen LogP contribution in [0.15, 0.2) is 29.6 Å². The maximum atomic E-state index is 13.2. The summed E-state index contributed by atoms with van der Waals surface area (Å²) in [5.74, 6) is 0.159. The standard InChI is InChI=1S/C20H22N2O2S/c1-2-17-15-9-11-25-18(15)8-10-22(17)20(24)14-6-7-16-13(12-14)4-3-5-19(23)21-16/h6-7,9,11-12,17H,2-5,8,10H2,1H3,(H,21,23). The summed E-state index contributed by atoms with van der Waals surface area (Å²) in [6, 6.07) is 8.04. The first-order valence-corrected chi connectivity index (χ1v) is 9.85. The number of benzene rings is 1. The minimum atomic E-state index is 0.0601. The van der Waals surface area contributed by atoms with E-state index in [-0.39, 0.29) is 17.9 Å². The van der Waals surface area contributed by atoms with Gasteiger partial charge in [0.2, 0.25) is 5.91 Å². The number of aryl methyl sites for hydroxylation is 1. The molecule has 2 aromatic rings. The Morgan fingerprint density at radius 1 is 1.28 bits per heavy atom. The fourth-order valence-corrected chi connectivity index (χ4v) is 4.88. The summed E-state index contributed by atoms with van der Waals surface area (Å²) in [5, 5.41) is 5.07. The lowest BCUT2D eigenvalue weighted by Gasteiger charge is -2.35. The third kappa shape index (κ3) is 2.97. The number of nitrogens with one attached hydrogen (secondary N) is 1. The highest BCUT2D eigenvalue weighted by Gasteiger charge is 2.31. The normalized spacial score (nSPS) is 19.6. The van der Waals surface area contributed by atoms with Crippen LogP contribution in [-0.4, -0.2) is 23.3 Å². The lowest BCUT2D eigenvalue weighted by atomic mass is 9.96. The minimum absolute atomic E-state index is 0.0601. The molecule has 0 radical (unpaired) electrons. The van der Waals surface area contributed by atoms with E-state index in [2.05, 4.69) is 23.7 Å². The molecular formula is C20H22N2O2S. The van der Waals surface area contributed by atoms with Crippen LogP contribution in [0.1, 0.15) is 58.6 Å². The largest absolute Gasteiger partial charge is 0.331 e. The van der Waals surface area contributed by atoms with Crippen molar-refractivity contribution in [2.75, 3.05) is 11.9 Å². The van der Waals surface area contributed by atoms with Gasteiger partial charge in [-0.25, -0.2) is 0 Å². The predicted molar refractivity (Wildman–Crippen MR) is 100 cm³/mol. The van der Waals surface area contributed by atoms with E-state index in [0.717, 1.165) is 49.0 Å². The van der Waals surface area contributed by atoms with Crippen LogP contribution in [0.25, 0.3) is 0 Å². The summed E-state index contributed by atoms with van der Waals surface area (Å²) >= 11 is 1.80. The molecule has 2 amide bonds. The Balaban J connectivity index is 1.63. The SMILES string of the molecule is CCC1c2ccsc2CCN1C(=O)c1ccc2c(c1)CCCC(=O)N2. The molecule has 0 aliphatic carbocycles. The Hall–Kier alpha value is -2.14. The van der Waals surface area contributed by atoms with Crippen molar-refractivity contribution in [3.8, 4) is 0 Å². The second kappa shape index (κ2) is 6.64. The summed E-state index contributed by atoms with van der Waals surface area (Å²) in [5.41, 5.74) is 3.96.